The number of fused-ring (bicyclic) bond motifs is 2. The molecule has 6 rings (SSSR count). The van der Waals surface area contributed by atoms with Crippen molar-refractivity contribution in [2.24, 2.45) is 4.99 Å². The summed E-state index contributed by atoms with van der Waals surface area (Å²) in [7, 11) is -4.50. The first kappa shape index (κ1) is 27.4. The molecule has 1 heterocycles. The molecule has 42 heavy (non-hydrogen) atoms. The first-order chi connectivity index (χ1) is 20.1. The quantitative estimate of drug-likeness (QED) is 0.159. The average molecular weight is 575 g/mol. The molecule has 2 N–H and O–H groups in total. The first-order valence-corrected chi connectivity index (χ1v) is 15.1. The molecule has 2 aliphatic rings. The fraction of sp³-hybridized carbons (Fsp3) is 0.114. The molecule has 0 atom stereocenters. The van der Waals surface area contributed by atoms with Crippen molar-refractivity contribution in [3.63, 3.8) is 0 Å². The summed E-state index contributed by atoms with van der Waals surface area (Å²) in [5.74, 6) is 0.541. The van der Waals surface area contributed by atoms with E-state index < -0.39 is 10.1 Å². The van der Waals surface area contributed by atoms with E-state index in [-0.39, 0.29) is 4.90 Å². The molecular weight excluding hydrogens is 544 g/mol. The van der Waals surface area contributed by atoms with E-state index in [4.69, 9.17) is 9.41 Å². The van der Waals surface area contributed by atoms with E-state index in [0.717, 1.165) is 39.3 Å². The molecule has 0 saturated carbocycles. The molecule has 6 nitrogen and oxygen atoms in total. The maximum absolute atomic E-state index is 12.4. The van der Waals surface area contributed by atoms with Gasteiger partial charge in [0.2, 0.25) is 0 Å². The van der Waals surface area contributed by atoms with Crippen LogP contribution in [0, 0.1) is 27.7 Å². The number of hydrogen-bond donors (Lipinski definition) is 2. The Morgan fingerprint density at radius 3 is 2.07 bits per heavy atom. The average Bonchev–Trinajstić information content (AvgIpc) is 2.95. The summed E-state index contributed by atoms with van der Waals surface area (Å²) in [5.41, 5.74) is 9.41. The maximum atomic E-state index is 12.4. The smallest absolute Gasteiger partial charge is 0.295 e. The number of benzene rings is 5. The summed E-state index contributed by atoms with van der Waals surface area (Å²) < 4.78 is 41.5. The van der Waals surface area contributed by atoms with Gasteiger partial charge in [-0.1, -0.05) is 54.6 Å². The number of para-hydroxylation sites is 2. The highest BCUT2D eigenvalue weighted by Crippen LogP contribution is 2.43. The molecule has 0 radical (unpaired) electrons. The summed E-state index contributed by atoms with van der Waals surface area (Å²) in [6, 6.07) is 30.1. The predicted molar refractivity (Wildman–Crippen MR) is 168 cm³/mol. The number of anilines is 2. The van der Waals surface area contributed by atoms with Gasteiger partial charge in [0, 0.05) is 45.6 Å². The van der Waals surface area contributed by atoms with Crippen molar-refractivity contribution >= 4 is 38.1 Å². The Kier molecular flexibility index (Phi) is 6.93. The van der Waals surface area contributed by atoms with Crippen LogP contribution >= 0.6 is 0 Å². The largest absolute Gasteiger partial charge is 0.456 e. The van der Waals surface area contributed by atoms with Crippen LogP contribution in [0.25, 0.3) is 33.4 Å². The van der Waals surface area contributed by atoms with Crippen LogP contribution in [-0.4, -0.2) is 13.0 Å². The topological polar surface area (TPSA) is 91.9 Å². The Hall–Kier alpha value is -4.72. The number of nitrogens with zero attached hydrogens (tertiary/aromatic N) is 1. The second kappa shape index (κ2) is 10.6. The predicted octanol–water partition coefficient (Wildman–Crippen LogP) is 8.66. The van der Waals surface area contributed by atoms with Crippen molar-refractivity contribution in [1.29, 1.82) is 0 Å². The molecule has 0 aromatic heterocycles. The second-order valence-electron chi connectivity index (χ2n) is 10.6. The summed E-state index contributed by atoms with van der Waals surface area (Å²) in [4.78, 5) is 4.75. The molecule has 210 valence electrons. The number of nitrogens with one attached hydrogen (secondary N) is 1. The van der Waals surface area contributed by atoms with E-state index in [1.165, 1.54) is 6.07 Å². The third-order valence-corrected chi connectivity index (χ3v) is 8.48. The Morgan fingerprint density at radius 1 is 0.714 bits per heavy atom. The van der Waals surface area contributed by atoms with Crippen LogP contribution in [0.4, 0.5) is 17.1 Å². The van der Waals surface area contributed by atoms with E-state index in [0.29, 0.717) is 38.8 Å². The number of aryl methyl sites for hydroxylation is 4. The van der Waals surface area contributed by atoms with Gasteiger partial charge in [0.25, 0.3) is 10.1 Å². The summed E-state index contributed by atoms with van der Waals surface area (Å²) in [5, 5.41) is 4.94. The Balaban J connectivity index is 1.64. The van der Waals surface area contributed by atoms with Crippen molar-refractivity contribution < 1.29 is 17.4 Å². The monoisotopic (exact) mass is 574 g/mol. The molecule has 0 unspecified atom stereocenters. The summed E-state index contributed by atoms with van der Waals surface area (Å²) in [6.07, 6.45) is 0. The summed E-state index contributed by atoms with van der Waals surface area (Å²) in [6.45, 7) is 8.17. The van der Waals surface area contributed by atoms with E-state index in [9.17, 15) is 13.0 Å². The second-order valence-corrected chi connectivity index (χ2v) is 12.0. The number of rotatable bonds is 5. The Bertz CT molecular complexity index is 2110. The summed E-state index contributed by atoms with van der Waals surface area (Å²) >= 11 is 0. The standard InChI is InChI=1S/C35H30N2O4S/c1-21-9-7-10-22(2)34(21)36-25-15-17-27-30(19-25)41-31-20-26(37-35-23(3)11-8-12-24(35)4)16-18-28(31)33(27)29-13-5-6-14-32(29)42(38,39)40/h5-20,36H,1-4H3,(H,38,39,40)/b37-26+. The van der Waals surface area contributed by atoms with Gasteiger partial charge in [0.15, 0.2) is 0 Å². The number of hydrogen-bond acceptors (Lipinski definition) is 5. The molecule has 0 spiro atoms. The molecule has 0 fully saturated rings. The highest BCUT2D eigenvalue weighted by atomic mass is 32.2. The van der Waals surface area contributed by atoms with Crippen LogP contribution in [0.3, 0.4) is 0 Å². The van der Waals surface area contributed by atoms with Crippen molar-refractivity contribution in [2.45, 2.75) is 32.6 Å². The third-order valence-electron chi connectivity index (χ3n) is 7.57. The maximum Gasteiger partial charge on any atom is 0.295 e. The van der Waals surface area contributed by atoms with E-state index >= 15 is 0 Å². The first-order valence-electron chi connectivity index (χ1n) is 13.6. The SMILES string of the molecule is Cc1cccc(C)c1/N=c1\ccc2c(-c3ccccc3S(=O)(=O)O)c3ccc(Nc4c(C)cccc4C)cc3oc-2c1. The molecule has 4 aromatic rings. The van der Waals surface area contributed by atoms with Gasteiger partial charge in [-0.2, -0.15) is 8.42 Å². The lowest BCUT2D eigenvalue weighted by atomic mass is 9.93. The van der Waals surface area contributed by atoms with Crippen molar-refractivity contribution in [3.05, 3.63) is 125 Å². The normalized spacial score (nSPS) is 12.3. The van der Waals surface area contributed by atoms with Crippen LogP contribution in [0.5, 0.6) is 0 Å². The van der Waals surface area contributed by atoms with Crippen molar-refractivity contribution in [3.8, 4) is 22.5 Å². The van der Waals surface area contributed by atoms with Gasteiger partial charge in [-0.05, 0) is 80.3 Å². The fourth-order valence-corrected chi connectivity index (χ4v) is 6.18. The van der Waals surface area contributed by atoms with Gasteiger partial charge >= 0.3 is 0 Å². The van der Waals surface area contributed by atoms with E-state index in [1.54, 1.807) is 18.2 Å². The van der Waals surface area contributed by atoms with Crippen LogP contribution in [0.2, 0.25) is 0 Å². The zero-order valence-corrected chi connectivity index (χ0v) is 24.6. The van der Waals surface area contributed by atoms with Gasteiger partial charge in [0.1, 0.15) is 16.2 Å². The Morgan fingerprint density at radius 2 is 1.38 bits per heavy atom. The third kappa shape index (κ3) is 5.09. The van der Waals surface area contributed by atoms with Crippen LogP contribution in [0.1, 0.15) is 22.3 Å². The van der Waals surface area contributed by atoms with Crippen LogP contribution in [0.15, 0.2) is 111 Å². The highest BCUT2D eigenvalue weighted by molar-refractivity contribution is 7.86. The van der Waals surface area contributed by atoms with Crippen molar-refractivity contribution in [2.75, 3.05) is 5.32 Å². The Labute approximate surface area is 245 Å². The molecule has 1 aliphatic heterocycles. The van der Waals surface area contributed by atoms with E-state index in [1.807, 2.05) is 74.5 Å². The molecule has 0 bridgehead atoms. The van der Waals surface area contributed by atoms with Gasteiger partial charge in [0.05, 0.1) is 11.0 Å². The van der Waals surface area contributed by atoms with Gasteiger partial charge in [-0.3, -0.25) is 4.55 Å². The lowest BCUT2D eigenvalue weighted by molar-refractivity contribution is 0.483. The highest BCUT2D eigenvalue weighted by Gasteiger charge is 2.23. The minimum Gasteiger partial charge on any atom is -0.456 e. The lowest BCUT2D eigenvalue weighted by Crippen LogP contribution is -2.05. The van der Waals surface area contributed by atoms with E-state index in [2.05, 4.69) is 31.3 Å². The van der Waals surface area contributed by atoms with Crippen molar-refractivity contribution in [1.82, 2.24) is 0 Å². The molecule has 0 saturated heterocycles. The molecule has 4 aromatic carbocycles. The minimum absolute atomic E-state index is 0.166. The molecule has 1 aliphatic carbocycles. The van der Waals surface area contributed by atoms with Gasteiger partial charge < -0.3 is 9.73 Å². The molecular formula is C35H30N2O4S. The van der Waals surface area contributed by atoms with Crippen LogP contribution in [-0.2, 0) is 10.1 Å². The van der Waals surface area contributed by atoms with Crippen LogP contribution < -0.4 is 10.7 Å². The fourth-order valence-electron chi connectivity index (χ4n) is 5.48. The zero-order chi connectivity index (χ0) is 29.6. The molecule has 7 heteroatoms. The molecule has 0 amide bonds. The zero-order valence-electron chi connectivity index (χ0n) is 23.8. The van der Waals surface area contributed by atoms with Gasteiger partial charge in [-0.25, -0.2) is 4.99 Å². The van der Waals surface area contributed by atoms with Gasteiger partial charge in [-0.15, -0.1) is 0 Å². The lowest BCUT2D eigenvalue weighted by Gasteiger charge is -2.18. The minimum atomic E-state index is -4.50.